The van der Waals surface area contributed by atoms with Crippen molar-refractivity contribution in [2.75, 3.05) is 13.2 Å². The molecule has 0 aromatic rings. The van der Waals surface area contributed by atoms with E-state index in [4.69, 9.17) is 0 Å². The first-order valence-electron chi connectivity index (χ1n) is 7.25. The molecule has 0 bridgehead atoms. The summed E-state index contributed by atoms with van der Waals surface area (Å²) in [5.41, 5.74) is 0. The standard InChI is InChI=1S/C13H11F13O4/c1-5(2)7(28)29-3-6(27)30-4-8(14,15)9(16,17)10(18,19)11(20,21)12(22,23)13(24,25)26/h5H,3-4H2,1-2H3. The van der Waals surface area contributed by atoms with Crippen molar-refractivity contribution >= 4 is 11.9 Å². The van der Waals surface area contributed by atoms with E-state index in [2.05, 4.69) is 9.47 Å². The number of alkyl halides is 13. The second-order valence-corrected chi connectivity index (χ2v) is 5.92. The van der Waals surface area contributed by atoms with Crippen LogP contribution in [0.3, 0.4) is 0 Å². The van der Waals surface area contributed by atoms with Gasteiger partial charge < -0.3 is 9.47 Å². The number of ether oxygens (including phenoxy) is 2. The van der Waals surface area contributed by atoms with Crippen molar-refractivity contribution in [2.24, 2.45) is 5.92 Å². The summed E-state index contributed by atoms with van der Waals surface area (Å²) in [5, 5.41) is 0. The van der Waals surface area contributed by atoms with Gasteiger partial charge in [0.2, 0.25) is 0 Å². The van der Waals surface area contributed by atoms with Crippen LogP contribution < -0.4 is 0 Å². The van der Waals surface area contributed by atoms with Gasteiger partial charge in [0.25, 0.3) is 0 Å². The number of rotatable bonds is 9. The Morgan fingerprint density at radius 3 is 1.43 bits per heavy atom. The highest BCUT2D eigenvalue weighted by atomic mass is 19.4. The fourth-order valence-electron chi connectivity index (χ4n) is 1.40. The third kappa shape index (κ3) is 4.84. The van der Waals surface area contributed by atoms with Gasteiger partial charge in [0.15, 0.2) is 13.2 Å². The van der Waals surface area contributed by atoms with Gasteiger partial charge in [0, 0.05) is 0 Å². The Morgan fingerprint density at radius 1 is 0.667 bits per heavy atom. The Bertz CT molecular complexity index is 639. The molecule has 0 aliphatic rings. The molecule has 0 aromatic carbocycles. The number of carbonyl (C=O) groups excluding carboxylic acids is 2. The Hall–Kier alpha value is -1.97. The topological polar surface area (TPSA) is 52.6 Å². The summed E-state index contributed by atoms with van der Waals surface area (Å²) in [5.74, 6) is -42.1. The molecule has 0 rings (SSSR count). The van der Waals surface area contributed by atoms with Crippen molar-refractivity contribution < 1.29 is 76.1 Å². The minimum atomic E-state index is -8.04. The average molecular weight is 478 g/mol. The summed E-state index contributed by atoms with van der Waals surface area (Å²) < 4.78 is 174. The number of esters is 2. The highest BCUT2D eigenvalue weighted by molar-refractivity contribution is 5.77. The fourth-order valence-corrected chi connectivity index (χ4v) is 1.40. The monoisotopic (exact) mass is 478 g/mol. The number of hydrogen-bond acceptors (Lipinski definition) is 4. The van der Waals surface area contributed by atoms with E-state index in [0.717, 1.165) is 0 Å². The first kappa shape index (κ1) is 28.0. The Morgan fingerprint density at radius 2 is 1.07 bits per heavy atom. The minimum absolute atomic E-state index is 0.875. The quantitative estimate of drug-likeness (QED) is 0.363. The molecule has 0 radical (unpaired) electrons. The zero-order valence-electron chi connectivity index (χ0n) is 14.5. The summed E-state index contributed by atoms with van der Waals surface area (Å²) >= 11 is 0. The van der Waals surface area contributed by atoms with Crippen molar-refractivity contribution in [2.45, 2.75) is 49.6 Å². The molecule has 0 atom stereocenters. The van der Waals surface area contributed by atoms with Crippen LogP contribution in [0.15, 0.2) is 0 Å². The molecule has 178 valence electrons. The van der Waals surface area contributed by atoms with Crippen LogP contribution in [0.4, 0.5) is 57.1 Å². The van der Waals surface area contributed by atoms with Gasteiger partial charge in [-0.05, 0) is 0 Å². The maximum absolute atomic E-state index is 13.3. The molecule has 0 aliphatic heterocycles. The maximum Gasteiger partial charge on any atom is 0.460 e. The van der Waals surface area contributed by atoms with Crippen molar-refractivity contribution in [1.82, 2.24) is 0 Å². The van der Waals surface area contributed by atoms with Crippen LogP contribution in [0, 0.1) is 5.92 Å². The molecule has 17 heteroatoms. The van der Waals surface area contributed by atoms with Gasteiger partial charge in [-0.2, -0.15) is 57.1 Å². The average Bonchev–Trinajstić information content (AvgIpc) is 2.55. The van der Waals surface area contributed by atoms with E-state index in [1.54, 1.807) is 0 Å². The van der Waals surface area contributed by atoms with E-state index in [1.165, 1.54) is 13.8 Å². The largest absolute Gasteiger partial charge is 0.460 e. The van der Waals surface area contributed by atoms with E-state index >= 15 is 0 Å². The summed E-state index contributed by atoms with van der Waals surface area (Å²) in [6.07, 6.45) is -7.52. The predicted molar refractivity (Wildman–Crippen MR) is 67.5 cm³/mol. The van der Waals surface area contributed by atoms with Crippen LogP contribution >= 0.6 is 0 Å². The number of hydrogen-bond donors (Lipinski definition) is 0. The molecule has 0 heterocycles. The lowest BCUT2D eigenvalue weighted by Crippen LogP contribution is -2.70. The van der Waals surface area contributed by atoms with Crippen LogP contribution in [0.25, 0.3) is 0 Å². The van der Waals surface area contributed by atoms with E-state index in [0.29, 0.717) is 0 Å². The number of halogens is 13. The molecule has 0 N–H and O–H groups in total. The molecule has 0 unspecified atom stereocenters. The van der Waals surface area contributed by atoms with E-state index in [1.807, 2.05) is 0 Å². The van der Waals surface area contributed by atoms with Crippen LogP contribution in [-0.4, -0.2) is 60.9 Å². The minimum Gasteiger partial charge on any atom is -0.456 e. The molecule has 0 saturated heterocycles. The normalized spacial score (nSPS) is 14.7. The lowest BCUT2D eigenvalue weighted by Gasteiger charge is -2.39. The molecule has 0 fully saturated rings. The van der Waals surface area contributed by atoms with Gasteiger partial charge in [-0.1, -0.05) is 13.8 Å². The summed E-state index contributed by atoms with van der Waals surface area (Å²) in [7, 11) is 0. The zero-order valence-corrected chi connectivity index (χ0v) is 14.5. The van der Waals surface area contributed by atoms with E-state index < -0.39 is 66.9 Å². The van der Waals surface area contributed by atoms with Crippen LogP contribution in [0.1, 0.15) is 13.8 Å². The van der Waals surface area contributed by atoms with Gasteiger partial charge in [-0.15, -0.1) is 0 Å². The van der Waals surface area contributed by atoms with E-state index in [-0.39, 0.29) is 0 Å². The van der Waals surface area contributed by atoms with Gasteiger partial charge in [-0.25, -0.2) is 4.79 Å². The SMILES string of the molecule is CC(C)C(=O)OCC(=O)OCC(F)(F)C(F)(F)C(F)(F)C(F)(F)C(F)(F)C(F)(F)F. The third-order valence-electron chi connectivity index (χ3n) is 3.22. The smallest absolute Gasteiger partial charge is 0.456 e. The maximum atomic E-state index is 13.3. The summed E-state index contributed by atoms with van der Waals surface area (Å²) in [4.78, 5) is 22.0. The van der Waals surface area contributed by atoms with Crippen LogP contribution in [-0.2, 0) is 19.1 Å². The van der Waals surface area contributed by atoms with Crippen LogP contribution in [0.2, 0.25) is 0 Å². The molecular formula is C13H11F13O4. The van der Waals surface area contributed by atoms with E-state index in [9.17, 15) is 66.7 Å². The lowest BCUT2D eigenvalue weighted by atomic mass is 9.94. The lowest BCUT2D eigenvalue weighted by molar-refractivity contribution is -0.441. The fraction of sp³-hybridized carbons (Fsp3) is 0.846. The summed E-state index contributed by atoms with van der Waals surface area (Å²) in [6.45, 7) is -2.22. The predicted octanol–water partition coefficient (Wildman–Crippen LogP) is 4.47. The zero-order chi connectivity index (χ0) is 24.6. The first-order valence-corrected chi connectivity index (χ1v) is 7.25. The second kappa shape index (κ2) is 8.28. The molecule has 0 aromatic heterocycles. The highest BCUT2D eigenvalue weighted by Gasteiger charge is 2.90. The van der Waals surface area contributed by atoms with Crippen LogP contribution in [0.5, 0.6) is 0 Å². The number of carbonyl (C=O) groups is 2. The van der Waals surface area contributed by atoms with Gasteiger partial charge >= 0.3 is 47.7 Å². The summed E-state index contributed by atoms with van der Waals surface area (Å²) in [6, 6.07) is 0. The van der Waals surface area contributed by atoms with Gasteiger partial charge in [0.05, 0.1) is 5.92 Å². The van der Waals surface area contributed by atoms with Crippen molar-refractivity contribution in [1.29, 1.82) is 0 Å². The first-order chi connectivity index (χ1) is 13.0. The third-order valence-corrected chi connectivity index (χ3v) is 3.22. The van der Waals surface area contributed by atoms with Gasteiger partial charge in [0.1, 0.15) is 0 Å². The molecule has 0 saturated carbocycles. The molecule has 0 aliphatic carbocycles. The van der Waals surface area contributed by atoms with Crippen molar-refractivity contribution in [3.8, 4) is 0 Å². The molecular weight excluding hydrogens is 467 g/mol. The Kier molecular flexibility index (Phi) is 7.74. The highest BCUT2D eigenvalue weighted by Crippen LogP contribution is 2.60. The Labute approximate surface area is 158 Å². The second-order valence-electron chi connectivity index (χ2n) is 5.92. The molecule has 0 spiro atoms. The Balaban J connectivity index is 5.61. The van der Waals surface area contributed by atoms with Crippen molar-refractivity contribution in [3.63, 3.8) is 0 Å². The molecule has 0 amide bonds. The molecule has 30 heavy (non-hydrogen) atoms. The molecule has 4 nitrogen and oxygen atoms in total. The van der Waals surface area contributed by atoms with Gasteiger partial charge in [-0.3, -0.25) is 4.79 Å². The van der Waals surface area contributed by atoms with Crippen molar-refractivity contribution in [3.05, 3.63) is 0 Å².